The Morgan fingerprint density at radius 1 is 1.50 bits per heavy atom. The van der Waals surface area contributed by atoms with Crippen LogP contribution in [0, 0.1) is 11.8 Å². The van der Waals surface area contributed by atoms with Crippen LogP contribution in [-0.2, 0) is 9.53 Å². The molecule has 0 radical (unpaired) electrons. The van der Waals surface area contributed by atoms with E-state index in [0.717, 1.165) is 37.0 Å². The van der Waals surface area contributed by atoms with Gasteiger partial charge in [0.15, 0.2) is 5.78 Å². The largest absolute Gasteiger partial charge is 0.491 e. The van der Waals surface area contributed by atoms with E-state index >= 15 is 0 Å². The molecule has 1 N–H and O–H groups in total. The van der Waals surface area contributed by atoms with E-state index in [4.69, 9.17) is 4.74 Å². The number of Topliss-reactive ketones (excluding diaryl/α,β-unsaturated/α-hetero) is 1. The summed E-state index contributed by atoms with van der Waals surface area (Å²) in [5.41, 5.74) is 3.35. The normalized spacial score (nSPS) is 33.4. The molecule has 0 spiro atoms. The molecule has 0 fully saturated rings. The molecule has 0 saturated carbocycles. The first-order chi connectivity index (χ1) is 11.3. The summed E-state index contributed by atoms with van der Waals surface area (Å²) in [7, 11) is 0. The van der Waals surface area contributed by atoms with Crippen molar-refractivity contribution < 1.29 is 14.6 Å². The minimum atomic E-state index is -0.833. The van der Waals surface area contributed by atoms with E-state index in [0.29, 0.717) is 18.8 Å². The third-order valence-electron chi connectivity index (χ3n) is 5.95. The van der Waals surface area contributed by atoms with E-state index in [2.05, 4.69) is 39.8 Å². The van der Waals surface area contributed by atoms with Gasteiger partial charge < -0.3 is 9.84 Å². The SMILES string of the molecule is CC(C)=CCC[C@@H](C)C1=CC[C@@]2(C)OC3=C(C[C@H]12)C(=O)[C@H](O)CC3. The minimum absolute atomic E-state index is 0.109. The van der Waals surface area contributed by atoms with Gasteiger partial charge in [-0.05, 0) is 52.4 Å². The summed E-state index contributed by atoms with van der Waals surface area (Å²) in [4.78, 5) is 12.4. The van der Waals surface area contributed by atoms with Crippen molar-refractivity contribution in [2.24, 2.45) is 11.8 Å². The first kappa shape index (κ1) is 17.5. The second-order valence-electron chi connectivity index (χ2n) is 8.16. The number of hydrogen-bond donors (Lipinski definition) is 1. The predicted molar refractivity (Wildman–Crippen MR) is 95.4 cm³/mol. The van der Waals surface area contributed by atoms with Crippen LogP contribution >= 0.6 is 0 Å². The fourth-order valence-corrected chi connectivity index (χ4v) is 4.44. The van der Waals surface area contributed by atoms with Crippen LogP contribution in [0.25, 0.3) is 0 Å². The number of aliphatic hydroxyl groups is 1. The molecule has 24 heavy (non-hydrogen) atoms. The first-order valence-electron chi connectivity index (χ1n) is 9.28. The van der Waals surface area contributed by atoms with Gasteiger partial charge in [0, 0.05) is 24.3 Å². The molecule has 132 valence electrons. The average Bonchev–Trinajstić information content (AvgIpc) is 2.85. The number of fused-ring (bicyclic) bond motifs is 1. The van der Waals surface area contributed by atoms with Gasteiger partial charge in [0.2, 0.25) is 0 Å². The second kappa shape index (κ2) is 6.51. The Morgan fingerprint density at radius 3 is 2.96 bits per heavy atom. The molecule has 3 nitrogen and oxygen atoms in total. The molecule has 0 amide bonds. The molecule has 0 unspecified atom stereocenters. The molecule has 3 aliphatic rings. The average molecular weight is 330 g/mol. The molecule has 0 aromatic heterocycles. The maximum atomic E-state index is 12.4. The number of carbonyl (C=O) groups is 1. The summed E-state index contributed by atoms with van der Waals surface area (Å²) in [6, 6.07) is 0. The van der Waals surface area contributed by atoms with Crippen LogP contribution in [0.1, 0.15) is 66.2 Å². The lowest BCUT2D eigenvalue weighted by atomic mass is 9.74. The molecule has 1 aliphatic heterocycles. The molecule has 1 heterocycles. The van der Waals surface area contributed by atoms with Crippen molar-refractivity contribution in [2.45, 2.75) is 77.9 Å². The zero-order valence-corrected chi connectivity index (χ0v) is 15.4. The number of ketones is 1. The highest BCUT2D eigenvalue weighted by Crippen LogP contribution is 2.51. The summed E-state index contributed by atoms with van der Waals surface area (Å²) in [6.07, 6.45) is 8.88. The lowest BCUT2D eigenvalue weighted by molar-refractivity contribution is -0.127. The van der Waals surface area contributed by atoms with Gasteiger partial charge in [-0.1, -0.05) is 30.2 Å². The van der Waals surface area contributed by atoms with Gasteiger partial charge in [0.1, 0.15) is 17.5 Å². The highest BCUT2D eigenvalue weighted by Gasteiger charge is 2.49. The fourth-order valence-electron chi connectivity index (χ4n) is 4.44. The Labute approximate surface area is 145 Å². The molecule has 4 atom stereocenters. The van der Waals surface area contributed by atoms with Crippen LogP contribution in [0.4, 0.5) is 0 Å². The van der Waals surface area contributed by atoms with Gasteiger partial charge in [-0.3, -0.25) is 4.79 Å². The Balaban J connectivity index is 1.76. The van der Waals surface area contributed by atoms with E-state index in [1.54, 1.807) is 0 Å². The van der Waals surface area contributed by atoms with Crippen molar-refractivity contribution in [2.75, 3.05) is 0 Å². The highest BCUT2D eigenvalue weighted by atomic mass is 16.5. The van der Waals surface area contributed by atoms with Crippen molar-refractivity contribution in [1.29, 1.82) is 0 Å². The van der Waals surface area contributed by atoms with Gasteiger partial charge in [-0.15, -0.1) is 0 Å². The maximum absolute atomic E-state index is 12.4. The molecule has 0 saturated heterocycles. The first-order valence-corrected chi connectivity index (χ1v) is 9.28. The molecule has 3 rings (SSSR count). The summed E-state index contributed by atoms with van der Waals surface area (Å²) >= 11 is 0. The maximum Gasteiger partial charge on any atom is 0.190 e. The van der Waals surface area contributed by atoms with Crippen LogP contribution < -0.4 is 0 Å². The van der Waals surface area contributed by atoms with Crippen molar-refractivity contribution in [3.63, 3.8) is 0 Å². The van der Waals surface area contributed by atoms with Crippen LogP contribution in [0.5, 0.6) is 0 Å². The van der Waals surface area contributed by atoms with E-state index in [-0.39, 0.29) is 17.3 Å². The summed E-state index contributed by atoms with van der Waals surface area (Å²) in [5, 5.41) is 9.90. The fraction of sp³-hybridized carbons (Fsp3) is 0.667. The predicted octanol–water partition coefficient (Wildman–Crippen LogP) is 4.47. The Morgan fingerprint density at radius 2 is 2.25 bits per heavy atom. The van der Waals surface area contributed by atoms with Crippen molar-refractivity contribution >= 4 is 5.78 Å². The van der Waals surface area contributed by atoms with E-state index < -0.39 is 6.10 Å². The van der Waals surface area contributed by atoms with Crippen LogP contribution in [0.2, 0.25) is 0 Å². The molecule has 0 bridgehead atoms. The number of aliphatic hydroxyl groups excluding tert-OH is 1. The van der Waals surface area contributed by atoms with Crippen molar-refractivity contribution in [3.8, 4) is 0 Å². The standard InChI is InChI=1S/C21H30O3/c1-13(2)6-5-7-14(3)15-10-11-21(4)17(15)12-16-19(24-21)9-8-18(22)20(16)23/h6,10,14,17-18,22H,5,7-9,11-12H2,1-4H3/t14-,17-,18-,21-/m1/s1. The number of rotatable bonds is 4. The Kier molecular flexibility index (Phi) is 4.74. The van der Waals surface area contributed by atoms with Crippen molar-refractivity contribution in [1.82, 2.24) is 0 Å². The summed E-state index contributed by atoms with van der Waals surface area (Å²) in [6.45, 7) is 8.75. The van der Waals surface area contributed by atoms with Crippen LogP contribution in [0.15, 0.2) is 34.6 Å². The van der Waals surface area contributed by atoms with Crippen LogP contribution in [0.3, 0.4) is 0 Å². The topological polar surface area (TPSA) is 46.5 Å². The third-order valence-corrected chi connectivity index (χ3v) is 5.95. The van der Waals surface area contributed by atoms with Gasteiger partial charge in [0.25, 0.3) is 0 Å². The molecule has 0 aromatic carbocycles. The monoisotopic (exact) mass is 330 g/mol. The molecular formula is C21H30O3. The Bertz CT molecular complexity index is 621. The summed E-state index contributed by atoms with van der Waals surface area (Å²) < 4.78 is 6.33. The molecule has 3 heteroatoms. The smallest absolute Gasteiger partial charge is 0.190 e. The molecular weight excluding hydrogens is 300 g/mol. The zero-order chi connectivity index (χ0) is 17.5. The van der Waals surface area contributed by atoms with Gasteiger partial charge in [0.05, 0.1) is 0 Å². The quantitative estimate of drug-likeness (QED) is 0.774. The molecule has 2 aliphatic carbocycles. The summed E-state index contributed by atoms with van der Waals surface area (Å²) in [5.74, 6) is 1.51. The number of carbonyl (C=O) groups excluding carboxylic acids is 1. The van der Waals surface area contributed by atoms with Gasteiger partial charge in [-0.25, -0.2) is 0 Å². The lowest BCUT2D eigenvalue weighted by Crippen LogP contribution is -2.43. The van der Waals surface area contributed by atoms with Gasteiger partial charge in [-0.2, -0.15) is 0 Å². The minimum Gasteiger partial charge on any atom is -0.491 e. The van der Waals surface area contributed by atoms with Gasteiger partial charge >= 0.3 is 0 Å². The van der Waals surface area contributed by atoms with E-state index in [1.807, 2.05) is 0 Å². The molecule has 0 aromatic rings. The zero-order valence-electron chi connectivity index (χ0n) is 15.4. The highest BCUT2D eigenvalue weighted by molar-refractivity contribution is 6.00. The van der Waals surface area contributed by atoms with E-state index in [1.165, 1.54) is 11.1 Å². The third kappa shape index (κ3) is 3.11. The number of hydrogen-bond acceptors (Lipinski definition) is 3. The van der Waals surface area contributed by atoms with Crippen molar-refractivity contribution in [3.05, 3.63) is 34.6 Å². The second-order valence-corrected chi connectivity index (χ2v) is 8.16. The number of ether oxygens (including phenoxy) is 1. The van der Waals surface area contributed by atoms with E-state index in [9.17, 15) is 9.90 Å². The Hall–Kier alpha value is -1.35. The number of allylic oxidation sites excluding steroid dienone is 3. The van der Waals surface area contributed by atoms with Crippen LogP contribution in [-0.4, -0.2) is 22.6 Å². The lowest BCUT2D eigenvalue weighted by Gasteiger charge is -2.43.